The van der Waals surface area contributed by atoms with E-state index in [0.717, 1.165) is 6.42 Å². The van der Waals surface area contributed by atoms with E-state index in [1.165, 1.54) is 11.3 Å². The molecule has 8 nitrogen and oxygen atoms in total. The summed E-state index contributed by atoms with van der Waals surface area (Å²) in [6.07, 6.45) is 0.226. The molecule has 2 aliphatic rings. The van der Waals surface area contributed by atoms with Crippen LogP contribution in [0.4, 0.5) is 14.6 Å². The van der Waals surface area contributed by atoms with Gasteiger partial charge in [-0.05, 0) is 26.2 Å². The van der Waals surface area contributed by atoms with Crippen LogP contribution >= 0.6 is 11.3 Å². The van der Waals surface area contributed by atoms with E-state index >= 15 is 0 Å². The van der Waals surface area contributed by atoms with Crippen LogP contribution in [0.15, 0.2) is 11.4 Å². The second-order valence-electron chi connectivity index (χ2n) is 10.1. The van der Waals surface area contributed by atoms with Gasteiger partial charge in [-0.3, -0.25) is 4.79 Å². The van der Waals surface area contributed by atoms with Crippen molar-refractivity contribution in [3.8, 4) is 16.7 Å². The minimum atomic E-state index is -2.61. The molecular formula is C24H33F2N5O3S. The lowest BCUT2D eigenvalue weighted by molar-refractivity contribution is -0.149. The molecule has 0 aromatic carbocycles. The first-order valence-electron chi connectivity index (χ1n) is 12.1. The second-order valence-corrected chi connectivity index (χ2v) is 11.0. The van der Waals surface area contributed by atoms with Crippen molar-refractivity contribution in [1.29, 1.82) is 0 Å². The van der Waals surface area contributed by atoms with Gasteiger partial charge in [0, 0.05) is 35.7 Å². The third-order valence-electron chi connectivity index (χ3n) is 6.80. The summed E-state index contributed by atoms with van der Waals surface area (Å²) in [6, 6.07) is 1.54. The molecule has 2 aromatic rings. The number of rotatable bonds is 8. The molecule has 3 heterocycles. The highest BCUT2D eigenvalue weighted by Crippen LogP contribution is 2.35. The smallest absolute Gasteiger partial charge is 0.248 e. The Kier molecular flexibility index (Phi) is 7.28. The molecule has 1 amide bonds. The summed E-state index contributed by atoms with van der Waals surface area (Å²) in [5, 5.41) is 15.4. The number of hydrogen-bond donors (Lipinski definition) is 2. The average Bonchev–Trinajstić information content (AvgIpc) is 3.28. The van der Waals surface area contributed by atoms with Gasteiger partial charge in [0.2, 0.25) is 17.7 Å². The molecule has 1 aliphatic heterocycles. The number of aliphatic hydroxyl groups excluding tert-OH is 1. The van der Waals surface area contributed by atoms with Crippen LogP contribution in [-0.4, -0.2) is 62.0 Å². The first kappa shape index (κ1) is 25.7. The molecule has 1 unspecified atom stereocenters. The number of alkyl halides is 2. The molecule has 4 rings (SSSR count). The van der Waals surface area contributed by atoms with Gasteiger partial charge in [-0.15, -0.1) is 11.3 Å². The number of nitrogens with one attached hydrogen (secondary N) is 1. The van der Waals surface area contributed by atoms with Crippen molar-refractivity contribution in [2.45, 2.75) is 84.0 Å². The van der Waals surface area contributed by atoms with Gasteiger partial charge in [-0.1, -0.05) is 20.8 Å². The quantitative estimate of drug-likeness (QED) is 0.533. The fraction of sp³-hybridized carbons (Fsp3) is 0.667. The third kappa shape index (κ3) is 6.06. The number of hydrogen-bond acceptors (Lipinski definition) is 8. The van der Waals surface area contributed by atoms with Crippen molar-refractivity contribution in [3.63, 3.8) is 0 Å². The monoisotopic (exact) mass is 509 g/mol. The van der Waals surface area contributed by atoms with Crippen LogP contribution in [0.25, 0.3) is 10.8 Å². The van der Waals surface area contributed by atoms with Gasteiger partial charge in [-0.25, -0.2) is 18.7 Å². The highest BCUT2D eigenvalue weighted by Gasteiger charge is 2.39. The van der Waals surface area contributed by atoms with E-state index in [-0.39, 0.29) is 30.9 Å². The summed E-state index contributed by atoms with van der Waals surface area (Å²) in [5.74, 6) is -1.36. The number of thiazole rings is 1. The molecule has 192 valence electrons. The van der Waals surface area contributed by atoms with Crippen molar-refractivity contribution in [1.82, 2.24) is 19.9 Å². The summed E-state index contributed by atoms with van der Waals surface area (Å²) in [5.41, 5.74) is 0.114. The fourth-order valence-corrected chi connectivity index (χ4v) is 4.89. The van der Waals surface area contributed by atoms with Gasteiger partial charge in [0.15, 0.2) is 10.8 Å². The van der Waals surface area contributed by atoms with E-state index in [2.05, 4.69) is 20.3 Å². The highest BCUT2D eigenvalue weighted by molar-refractivity contribution is 7.13. The van der Waals surface area contributed by atoms with Crippen LogP contribution in [0.2, 0.25) is 0 Å². The van der Waals surface area contributed by atoms with E-state index in [0.29, 0.717) is 54.2 Å². The van der Waals surface area contributed by atoms with Gasteiger partial charge in [-0.2, -0.15) is 4.98 Å². The molecule has 0 spiro atoms. The first-order valence-corrected chi connectivity index (χ1v) is 13.0. The third-order valence-corrected chi connectivity index (χ3v) is 7.66. The van der Waals surface area contributed by atoms with Crippen LogP contribution in [0, 0.1) is 5.41 Å². The lowest BCUT2D eigenvalue weighted by atomic mass is 9.87. The molecule has 0 bridgehead atoms. The van der Waals surface area contributed by atoms with E-state index < -0.39 is 17.4 Å². The summed E-state index contributed by atoms with van der Waals surface area (Å²) < 4.78 is 33.2. The molecule has 11 heteroatoms. The lowest BCUT2D eigenvalue weighted by Gasteiger charge is -2.42. The minimum Gasteiger partial charge on any atom is -0.470 e. The van der Waals surface area contributed by atoms with Crippen molar-refractivity contribution in [2.75, 3.05) is 18.4 Å². The largest absolute Gasteiger partial charge is 0.470 e. The Hall–Kier alpha value is -2.40. The maximum Gasteiger partial charge on any atom is 0.248 e. The molecule has 1 saturated carbocycles. The molecule has 1 atom stereocenters. The van der Waals surface area contributed by atoms with E-state index in [9.17, 15) is 18.7 Å². The molecule has 2 aromatic heterocycles. The van der Waals surface area contributed by atoms with Crippen LogP contribution in [0.5, 0.6) is 5.88 Å². The zero-order chi connectivity index (χ0) is 25.4. The Morgan fingerprint density at radius 2 is 2.00 bits per heavy atom. The molecule has 0 radical (unpaired) electrons. The number of anilines is 1. The molecule has 2 fully saturated rings. The second kappa shape index (κ2) is 9.93. The van der Waals surface area contributed by atoms with Crippen molar-refractivity contribution >= 4 is 23.1 Å². The minimum absolute atomic E-state index is 0.105. The summed E-state index contributed by atoms with van der Waals surface area (Å²) in [7, 11) is 0. The van der Waals surface area contributed by atoms with Crippen LogP contribution in [-0.2, 0) is 4.79 Å². The summed E-state index contributed by atoms with van der Waals surface area (Å²) in [6.45, 7) is 8.47. The Labute approximate surface area is 208 Å². The van der Waals surface area contributed by atoms with Crippen molar-refractivity contribution in [2.24, 2.45) is 5.41 Å². The lowest BCUT2D eigenvalue weighted by Crippen LogP contribution is -2.59. The van der Waals surface area contributed by atoms with E-state index in [1.807, 2.05) is 20.8 Å². The van der Waals surface area contributed by atoms with Crippen LogP contribution < -0.4 is 10.1 Å². The maximum atomic E-state index is 13.6. The van der Waals surface area contributed by atoms with Gasteiger partial charge in [0.1, 0.15) is 11.9 Å². The standard InChI is InChI=1S/C24H33F2N5O3S/c1-5-23(3,4)22(33)31-11-16(12-31)34-19-10-18(27-15-6-8-24(25,26)9-7-15)29-20(30-19)21-28-17(13-35-21)14(2)32/h10,13-16,32H,5-9,11-12H2,1-4H3,(H,27,29,30). The number of ether oxygens (including phenoxy) is 1. The molecule has 1 saturated heterocycles. The van der Waals surface area contributed by atoms with Gasteiger partial charge in [0.25, 0.3) is 0 Å². The number of carbonyl (C=O) groups excluding carboxylic acids is 1. The number of likely N-dealkylation sites (tertiary alicyclic amines) is 1. The predicted octanol–water partition coefficient (Wildman–Crippen LogP) is 4.67. The molecule has 35 heavy (non-hydrogen) atoms. The zero-order valence-electron chi connectivity index (χ0n) is 20.6. The number of carbonyl (C=O) groups is 1. The van der Waals surface area contributed by atoms with Crippen molar-refractivity contribution in [3.05, 3.63) is 17.1 Å². The molecule has 1 aliphatic carbocycles. The number of halogens is 2. The number of aromatic nitrogens is 3. The van der Waals surface area contributed by atoms with Gasteiger partial charge >= 0.3 is 0 Å². The van der Waals surface area contributed by atoms with E-state index in [1.54, 1.807) is 23.3 Å². The van der Waals surface area contributed by atoms with Crippen LogP contribution in [0.3, 0.4) is 0 Å². The SMILES string of the molecule is CCC(C)(C)C(=O)N1CC(Oc2cc(NC3CCC(F)(F)CC3)nc(-c3nc(C(C)O)cs3)n2)C1. The Morgan fingerprint density at radius 1 is 1.31 bits per heavy atom. The number of amides is 1. The maximum absolute atomic E-state index is 13.6. The zero-order valence-corrected chi connectivity index (χ0v) is 21.4. The fourth-order valence-electron chi connectivity index (χ4n) is 4.06. The molecular weight excluding hydrogens is 476 g/mol. The summed E-state index contributed by atoms with van der Waals surface area (Å²) in [4.78, 5) is 27.9. The summed E-state index contributed by atoms with van der Waals surface area (Å²) >= 11 is 1.31. The van der Waals surface area contributed by atoms with Crippen LogP contribution in [0.1, 0.15) is 71.6 Å². The Bertz CT molecular complexity index is 1050. The van der Waals surface area contributed by atoms with Crippen molar-refractivity contribution < 1.29 is 23.4 Å². The average molecular weight is 510 g/mol. The number of nitrogens with zero attached hydrogens (tertiary/aromatic N) is 4. The normalized spacial score (nSPS) is 19.8. The predicted molar refractivity (Wildman–Crippen MR) is 130 cm³/mol. The Balaban J connectivity index is 1.50. The van der Waals surface area contributed by atoms with E-state index in [4.69, 9.17) is 4.74 Å². The first-order chi connectivity index (χ1) is 16.5. The Morgan fingerprint density at radius 3 is 2.60 bits per heavy atom. The molecule has 2 N–H and O–H groups in total. The topological polar surface area (TPSA) is 100 Å². The van der Waals surface area contributed by atoms with Gasteiger partial charge < -0.3 is 20.1 Å². The van der Waals surface area contributed by atoms with Gasteiger partial charge in [0.05, 0.1) is 24.9 Å². The number of aliphatic hydroxyl groups is 1. The highest BCUT2D eigenvalue weighted by atomic mass is 32.1.